The van der Waals surface area contributed by atoms with Crippen molar-refractivity contribution in [1.82, 2.24) is 0 Å². The number of hydrogen-bond donors (Lipinski definition) is 3. The van der Waals surface area contributed by atoms with Crippen LogP contribution in [0.3, 0.4) is 0 Å². The number of carbonyl (C=O) groups excluding carboxylic acids is 3. The molecule has 1 aromatic rings. The average molecular weight is 577 g/mol. The van der Waals surface area contributed by atoms with Gasteiger partial charge in [0, 0.05) is 5.56 Å². The fourth-order valence-electron chi connectivity index (χ4n) is 7.08. The third kappa shape index (κ3) is 5.65. The number of phenolic OH excluding ortho intramolecular Hbond substituents is 2. The van der Waals surface area contributed by atoms with Gasteiger partial charge in [-0.05, 0) is 109 Å². The van der Waals surface area contributed by atoms with Crippen molar-refractivity contribution in [1.29, 1.82) is 0 Å². The van der Waals surface area contributed by atoms with Gasteiger partial charge >= 0.3 is 0 Å². The van der Waals surface area contributed by atoms with E-state index < -0.39 is 45.1 Å². The smallest absolute Gasteiger partial charge is 0.184 e. The Hall–Kier alpha value is -3.41. The Morgan fingerprint density at radius 1 is 1.00 bits per heavy atom. The molecule has 0 radical (unpaired) electrons. The molecule has 3 rings (SSSR count). The summed E-state index contributed by atoms with van der Waals surface area (Å²) < 4.78 is 0. The minimum absolute atomic E-state index is 0.0245. The molecule has 6 nitrogen and oxygen atoms in total. The standard InChI is InChI=1S/C36H48O6/c1-21(2)10-12-26-20-35(16-15-24(7)18-23(5)6)31(40)29(30(39)25-11-13-27(37)28(38)19-25)32(41)36(33(35)42,34(26,8)9)17-14-22(3)4/h10-11,13-14,19,24,26,37-39H,5,12,15-18,20H2,1-4,6-9H3. The van der Waals surface area contributed by atoms with Crippen LogP contribution in [0.25, 0.3) is 5.76 Å². The maximum absolute atomic E-state index is 14.9. The molecular weight excluding hydrogens is 528 g/mol. The first kappa shape index (κ1) is 33.1. The summed E-state index contributed by atoms with van der Waals surface area (Å²) in [5.74, 6) is -3.08. The van der Waals surface area contributed by atoms with Crippen molar-refractivity contribution >= 4 is 23.1 Å². The molecule has 2 fully saturated rings. The highest BCUT2D eigenvalue weighted by Crippen LogP contribution is 2.65. The Kier molecular flexibility index (Phi) is 9.51. The van der Waals surface area contributed by atoms with Crippen molar-refractivity contribution in [2.45, 2.75) is 93.9 Å². The summed E-state index contributed by atoms with van der Waals surface area (Å²) in [5, 5.41) is 31.5. The molecule has 2 aliphatic carbocycles. The number of allylic oxidation sites excluding steroid dienone is 6. The van der Waals surface area contributed by atoms with Gasteiger partial charge < -0.3 is 15.3 Å². The third-order valence-electron chi connectivity index (χ3n) is 9.69. The van der Waals surface area contributed by atoms with Crippen LogP contribution in [0.4, 0.5) is 0 Å². The molecule has 0 spiro atoms. The van der Waals surface area contributed by atoms with Gasteiger partial charge in [0.25, 0.3) is 0 Å². The predicted molar refractivity (Wildman–Crippen MR) is 167 cm³/mol. The molecule has 0 heterocycles. The van der Waals surface area contributed by atoms with Gasteiger partial charge in [-0.1, -0.05) is 49.6 Å². The van der Waals surface area contributed by atoms with Crippen LogP contribution in [-0.2, 0) is 14.4 Å². The molecule has 42 heavy (non-hydrogen) atoms. The van der Waals surface area contributed by atoms with Crippen LogP contribution in [0.15, 0.2) is 59.2 Å². The van der Waals surface area contributed by atoms with Crippen LogP contribution in [0, 0.1) is 28.1 Å². The zero-order chi connectivity index (χ0) is 31.8. The summed E-state index contributed by atoms with van der Waals surface area (Å²) in [5.41, 5.74) is -1.16. The van der Waals surface area contributed by atoms with Gasteiger partial charge in [0.1, 0.15) is 16.7 Å². The van der Waals surface area contributed by atoms with Crippen molar-refractivity contribution in [2.24, 2.45) is 28.1 Å². The predicted octanol–water partition coefficient (Wildman–Crippen LogP) is 8.20. The first-order chi connectivity index (χ1) is 19.4. The monoisotopic (exact) mass is 576 g/mol. The van der Waals surface area contributed by atoms with E-state index in [4.69, 9.17) is 0 Å². The quantitative estimate of drug-likeness (QED) is 0.0646. The summed E-state index contributed by atoms with van der Waals surface area (Å²) in [6.45, 7) is 19.8. The first-order valence-electron chi connectivity index (χ1n) is 14.9. The lowest BCUT2D eigenvalue weighted by Gasteiger charge is -2.60. The molecule has 2 bridgehead atoms. The van der Waals surface area contributed by atoms with Crippen molar-refractivity contribution < 1.29 is 29.7 Å². The fourth-order valence-corrected chi connectivity index (χ4v) is 7.08. The Morgan fingerprint density at radius 2 is 1.62 bits per heavy atom. The van der Waals surface area contributed by atoms with Crippen molar-refractivity contribution in [3.8, 4) is 11.5 Å². The Morgan fingerprint density at radius 3 is 2.17 bits per heavy atom. The highest BCUT2D eigenvalue weighted by Gasteiger charge is 2.73. The van der Waals surface area contributed by atoms with Gasteiger partial charge in [-0.2, -0.15) is 0 Å². The van der Waals surface area contributed by atoms with E-state index in [1.807, 2.05) is 54.5 Å². The average Bonchev–Trinajstić information content (AvgIpc) is 2.88. The van der Waals surface area contributed by atoms with Crippen LogP contribution in [-0.4, -0.2) is 32.7 Å². The molecule has 3 N–H and O–H groups in total. The van der Waals surface area contributed by atoms with E-state index in [9.17, 15) is 29.7 Å². The van der Waals surface area contributed by atoms with E-state index in [1.54, 1.807) is 0 Å². The molecule has 4 atom stereocenters. The van der Waals surface area contributed by atoms with Gasteiger partial charge in [-0.15, -0.1) is 6.58 Å². The molecule has 4 unspecified atom stereocenters. The number of aromatic hydroxyl groups is 2. The highest BCUT2D eigenvalue weighted by molar-refractivity contribution is 6.41. The molecule has 228 valence electrons. The molecule has 0 amide bonds. The minimum atomic E-state index is -1.57. The maximum Gasteiger partial charge on any atom is 0.184 e. The number of benzene rings is 1. The molecule has 2 saturated carbocycles. The largest absolute Gasteiger partial charge is 0.506 e. The second-order valence-corrected chi connectivity index (χ2v) is 13.8. The van der Waals surface area contributed by atoms with E-state index >= 15 is 0 Å². The summed E-state index contributed by atoms with van der Waals surface area (Å²) in [6.07, 6.45) is 6.65. The number of rotatable bonds is 10. The van der Waals surface area contributed by atoms with Crippen LogP contribution in [0.5, 0.6) is 11.5 Å². The molecule has 6 heteroatoms. The zero-order valence-electron chi connectivity index (χ0n) is 26.6. The van der Waals surface area contributed by atoms with E-state index in [0.29, 0.717) is 12.8 Å². The second kappa shape index (κ2) is 12.1. The Labute approximate surface area is 250 Å². The Bertz CT molecular complexity index is 1380. The zero-order valence-corrected chi connectivity index (χ0v) is 26.6. The maximum atomic E-state index is 14.9. The van der Waals surface area contributed by atoms with Gasteiger partial charge in [-0.25, -0.2) is 0 Å². The van der Waals surface area contributed by atoms with E-state index in [1.165, 1.54) is 12.1 Å². The summed E-state index contributed by atoms with van der Waals surface area (Å²) in [6, 6.07) is 3.66. The van der Waals surface area contributed by atoms with E-state index in [-0.39, 0.29) is 48.0 Å². The third-order valence-corrected chi connectivity index (χ3v) is 9.69. The second-order valence-electron chi connectivity index (χ2n) is 13.8. The normalized spacial score (nSPS) is 26.9. The summed E-state index contributed by atoms with van der Waals surface area (Å²) in [7, 11) is 0. The Balaban J connectivity index is 2.38. The number of carbonyl (C=O) groups is 3. The number of hydrogen-bond acceptors (Lipinski definition) is 6. The molecule has 2 aliphatic rings. The molecule has 0 aromatic heterocycles. The van der Waals surface area contributed by atoms with Crippen LogP contribution in [0.1, 0.15) is 99.5 Å². The number of aliphatic hydroxyl groups is 1. The molecule has 1 aromatic carbocycles. The summed E-state index contributed by atoms with van der Waals surface area (Å²) >= 11 is 0. The highest BCUT2D eigenvalue weighted by atomic mass is 16.3. The van der Waals surface area contributed by atoms with Gasteiger partial charge in [0.2, 0.25) is 0 Å². The van der Waals surface area contributed by atoms with Crippen LogP contribution in [0.2, 0.25) is 0 Å². The lowest BCUT2D eigenvalue weighted by Crippen LogP contribution is -2.69. The number of aliphatic hydroxyl groups excluding tert-OH is 1. The van der Waals surface area contributed by atoms with Crippen molar-refractivity contribution in [2.75, 3.05) is 0 Å². The summed E-state index contributed by atoms with van der Waals surface area (Å²) in [4.78, 5) is 44.3. The number of Topliss-reactive ketones (excluding diaryl/α,β-unsaturated/α-hetero) is 3. The van der Waals surface area contributed by atoms with Gasteiger partial charge in [-0.3, -0.25) is 14.4 Å². The van der Waals surface area contributed by atoms with Gasteiger partial charge in [0.15, 0.2) is 28.8 Å². The van der Waals surface area contributed by atoms with Crippen molar-refractivity contribution in [3.63, 3.8) is 0 Å². The molecule has 0 aliphatic heterocycles. The topological polar surface area (TPSA) is 112 Å². The lowest BCUT2D eigenvalue weighted by molar-refractivity contribution is -0.177. The number of ketones is 3. The van der Waals surface area contributed by atoms with Crippen LogP contribution >= 0.6 is 0 Å². The number of fused-ring (bicyclic) bond motifs is 2. The van der Waals surface area contributed by atoms with E-state index in [0.717, 1.165) is 29.2 Å². The lowest BCUT2D eigenvalue weighted by atomic mass is 9.38. The van der Waals surface area contributed by atoms with E-state index in [2.05, 4.69) is 19.6 Å². The fraction of sp³-hybridized carbons (Fsp3) is 0.528. The SMILES string of the molecule is C=C(C)CC(C)CCC12CC(CC=C(C)C)C(C)(C)C(CC=C(C)C)(C(=O)C(=C(O)c3ccc(O)c(O)c3)C1=O)C2=O. The first-order valence-corrected chi connectivity index (χ1v) is 14.9. The molecule has 0 saturated heterocycles. The number of phenols is 2. The van der Waals surface area contributed by atoms with Crippen LogP contribution < -0.4 is 0 Å². The minimum Gasteiger partial charge on any atom is -0.506 e. The van der Waals surface area contributed by atoms with Crippen molar-refractivity contribution in [3.05, 3.63) is 64.8 Å². The molecular formula is C36H48O6. The van der Waals surface area contributed by atoms with Gasteiger partial charge in [0.05, 0.1) is 5.41 Å².